The Morgan fingerprint density at radius 3 is 2.13 bits per heavy atom. The predicted octanol–water partition coefficient (Wildman–Crippen LogP) is 2.57. The average Bonchev–Trinajstić information content (AvgIpc) is 2.89. The number of nitrogens with one attached hydrogen (secondary N) is 1. The predicted molar refractivity (Wildman–Crippen MR) is 86.4 cm³/mol. The number of ether oxygens (including phenoxy) is 2. The van der Waals surface area contributed by atoms with Gasteiger partial charge in [0.15, 0.2) is 0 Å². The minimum atomic E-state index is -3.90. The van der Waals surface area contributed by atoms with Gasteiger partial charge in [-0.05, 0) is 18.6 Å². The molecule has 2 rings (SSSR count). The monoisotopic (exact) mass is 357 g/mol. The van der Waals surface area contributed by atoms with Gasteiger partial charge in [0.25, 0.3) is 10.0 Å². The standard InChI is InChI=1S/C14H15NO6S2/c1-8-4-12(22-13(8)14(16)17)23(18,19)15-9-5-10(20-2)7-11(6-9)21-3/h4-7,15H,1-3H3,(H,16,17). The number of benzene rings is 1. The number of aromatic carboxylic acids is 1. The molecular formula is C14H15NO6S2. The largest absolute Gasteiger partial charge is 0.497 e. The Morgan fingerprint density at radius 1 is 1.13 bits per heavy atom. The van der Waals surface area contributed by atoms with Crippen molar-refractivity contribution in [2.24, 2.45) is 0 Å². The van der Waals surface area contributed by atoms with Crippen molar-refractivity contribution in [2.75, 3.05) is 18.9 Å². The van der Waals surface area contributed by atoms with Crippen molar-refractivity contribution in [3.63, 3.8) is 0 Å². The molecule has 0 bridgehead atoms. The van der Waals surface area contributed by atoms with Crippen molar-refractivity contribution in [3.05, 3.63) is 34.7 Å². The Hall–Kier alpha value is -2.26. The summed E-state index contributed by atoms with van der Waals surface area (Å²) in [5.41, 5.74) is 0.648. The SMILES string of the molecule is COc1cc(NS(=O)(=O)c2cc(C)c(C(=O)O)s2)cc(OC)c1. The van der Waals surface area contributed by atoms with E-state index in [1.54, 1.807) is 13.0 Å². The van der Waals surface area contributed by atoms with Crippen molar-refractivity contribution in [1.29, 1.82) is 0 Å². The van der Waals surface area contributed by atoms with E-state index in [2.05, 4.69) is 4.72 Å². The summed E-state index contributed by atoms with van der Waals surface area (Å²) in [4.78, 5) is 11.0. The molecule has 0 unspecified atom stereocenters. The fraction of sp³-hybridized carbons (Fsp3) is 0.214. The molecule has 0 atom stereocenters. The van der Waals surface area contributed by atoms with Gasteiger partial charge in [-0.15, -0.1) is 11.3 Å². The number of anilines is 1. The molecule has 1 aromatic heterocycles. The zero-order valence-corrected chi connectivity index (χ0v) is 14.2. The van der Waals surface area contributed by atoms with Crippen LogP contribution in [0.2, 0.25) is 0 Å². The van der Waals surface area contributed by atoms with Gasteiger partial charge in [0.05, 0.1) is 19.9 Å². The van der Waals surface area contributed by atoms with E-state index >= 15 is 0 Å². The average molecular weight is 357 g/mol. The van der Waals surface area contributed by atoms with Gasteiger partial charge >= 0.3 is 5.97 Å². The Labute approximate surface area is 137 Å². The van der Waals surface area contributed by atoms with Gasteiger partial charge in [0, 0.05) is 18.2 Å². The van der Waals surface area contributed by atoms with E-state index in [0.717, 1.165) is 0 Å². The summed E-state index contributed by atoms with van der Waals surface area (Å²) in [6.45, 7) is 1.55. The van der Waals surface area contributed by atoms with Gasteiger partial charge in [-0.1, -0.05) is 0 Å². The maximum Gasteiger partial charge on any atom is 0.346 e. The van der Waals surface area contributed by atoms with E-state index in [0.29, 0.717) is 28.4 Å². The van der Waals surface area contributed by atoms with Crippen LogP contribution < -0.4 is 14.2 Å². The number of carboxylic acid groups (broad SMARTS) is 1. The van der Waals surface area contributed by atoms with Crippen molar-refractivity contribution >= 4 is 33.0 Å². The maximum absolute atomic E-state index is 12.4. The molecule has 0 saturated heterocycles. The molecule has 0 fully saturated rings. The van der Waals surface area contributed by atoms with Crippen LogP contribution in [-0.2, 0) is 10.0 Å². The number of hydrogen-bond acceptors (Lipinski definition) is 6. The third-order valence-corrected chi connectivity index (χ3v) is 6.04. The summed E-state index contributed by atoms with van der Waals surface area (Å²) in [6.07, 6.45) is 0. The molecule has 1 heterocycles. The smallest absolute Gasteiger partial charge is 0.346 e. The number of thiophene rings is 1. The highest BCUT2D eigenvalue weighted by Gasteiger charge is 2.22. The summed E-state index contributed by atoms with van der Waals surface area (Å²) in [5.74, 6) is -0.303. The zero-order valence-electron chi connectivity index (χ0n) is 12.6. The first kappa shape index (κ1) is 17.1. The molecule has 2 aromatic rings. The molecular weight excluding hydrogens is 342 g/mol. The number of carbonyl (C=O) groups is 1. The number of aryl methyl sites for hydroxylation is 1. The van der Waals surface area contributed by atoms with Crippen molar-refractivity contribution in [1.82, 2.24) is 0 Å². The van der Waals surface area contributed by atoms with E-state index < -0.39 is 16.0 Å². The van der Waals surface area contributed by atoms with E-state index in [1.165, 1.54) is 32.4 Å². The Kier molecular flexibility index (Phi) is 4.81. The third-order valence-electron chi connectivity index (χ3n) is 2.96. The molecule has 9 heteroatoms. The van der Waals surface area contributed by atoms with Crippen LogP contribution in [0.1, 0.15) is 15.2 Å². The summed E-state index contributed by atoms with van der Waals surface area (Å²) in [5, 5.41) is 9.03. The van der Waals surface area contributed by atoms with Crippen LogP contribution in [0.4, 0.5) is 5.69 Å². The normalized spacial score (nSPS) is 11.1. The summed E-state index contributed by atoms with van der Waals surface area (Å²) in [7, 11) is -0.998. The van der Waals surface area contributed by atoms with E-state index in [-0.39, 0.29) is 14.8 Å². The minimum Gasteiger partial charge on any atom is -0.497 e. The lowest BCUT2D eigenvalue weighted by Gasteiger charge is -2.10. The number of sulfonamides is 1. The Balaban J connectivity index is 2.38. The molecule has 0 saturated carbocycles. The molecule has 0 aliphatic carbocycles. The second kappa shape index (κ2) is 6.47. The van der Waals surface area contributed by atoms with E-state index in [4.69, 9.17) is 14.6 Å². The van der Waals surface area contributed by atoms with Gasteiger partial charge in [0.2, 0.25) is 0 Å². The van der Waals surface area contributed by atoms with Crippen molar-refractivity contribution in [3.8, 4) is 11.5 Å². The highest BCUT2D eigenvalue weighted by Crippen LogP contribution is 2.30. The van der Waals surface area contributed by atoms with Gasteiger partial charge < -0.3 is 14.6 Å². The van der Waals surface area contributed by atoms with E-state index in [9.17, 15) is 13.2 Å². The molecule has 23 heavy (non-hydrogen) atoms. The fourth-order valence-corrected chi connectivity index (χ4v) is 4.29. The highest BCUT2D eigenvalue weighted by atomic mass is 32.2. The van der Waals surface area contributed by atoms with Crippen LogP contribution in [0.25, 0.3) is 0 Å². The molecule has 7 nitrogen and oxygen atoms in total. The van der Waals surface area contributed by atoms with Crippen LogP contribution in [0, 0.1) is 6.92 Å². The third kappa shape index (κ3) is 3.74. The van der Waals surface area contributed by atoms with Gasteiger partial charge in [-0.2, -0.15) is 0 Å². The van der Waals surface area contributed by atoms with Crippen LogP contribution in [-0.4, -0.2) is 33.7 Å². The quantitative estimate of drug-likeness (QED) is 0.824. The van der Waals surface area contributed by atoms with Crippen LogP contribution in [0.3, 0.4) is 0 Å². The van der Waals surface area contributed by atoms with Crippen molar-refractivity contribution < 1.29 is 27.8 Å². The number of methoxy groups -OCH3 is 2. The Morgan fingerprint density at radius 2 is 1.70 bits per heavy atom. The molecule has 0 spiro atoms. The molecule has 0 aliphatic rings. The number of carboxylic acids is 1. The topological polar surface area (TPSA) is 102 Å². The molecule has 2 N–H and O–H groups in total. The van der Waals surface area contributed by atoms with Gasteiger partial charge in [0.1, 0.15) is 20.6 Å². The lowest BCUT2D eigenvalue weighted by molar-refractivity contribution is 0.0701. The summed E-state index contributed by atoms with van der Waals surface area (Å²) < 4.78 is 37.3. The first-order chi connectivity index (χ1) is 10.8. The van der Waals surface area contributed by atoms with E-state index in [1.807, 2.05) is 0 Å². The second-order valence-electron chi connectivity index (χ2n) is 4.59. The van der Waals surface area contributed by atoms with Crippen LogP contribution >= 0.6 is 11.3 Å². The lowest BCUT2D eigenvalue weighted by Crippen LogP contribution is -2.11. The van der Waals surface area contributed by atoms with Gasteiger partial charge in [-0.25, -0.2) is 13.2 Å². The molecule has 0 aliphatic heterocycles. The lowest BCUT2D eigenvalue weighted by atomic mass is 10.3. The molecule has 0 radical (unpaired) electrons. The second-order valence-corrected chi connectivity index (χ2v) is 7.55. The first-order valence-electron chi connectivity index (χ1n) is 6.36. The zero-order chi connectivity index (χ0) is 17.2. The molecule has 1 aromatic carbocycles. The number of hydrogen-bond donors (Lipinski definition) is 2. The first-order valence-corrected chi connectivity index (χ1v) is 8.66. The van der Waals surface area contributed by atoms with Crippen LogP contribution in [0.15, 0.2) is 28.5 Å². The maximum atomic E-state index is 12.4. The summed E-state index contributed by atoms with van der Waals surface area (Å²) in [6, 6.07) is 5.93. The fourth-order valence-electron chi connectivity index (χ4n) is 1.87. The summed E-state index contributed by atoms with van der Waals surface area (Å²) >= 11 is 0.701. The molecule has 0 amide bonds. The Bertz CT molecular complexity index is 819. The number of rotatable bonds is 6. The van der Waals surface area contributed by atoms with Crippen molar-refractivity contribution in [2.45, 2.75) is 11.1 Å². The van der Waals surface area contributed by atoms with Gasteiger partial charge in [-0.3, -0.25) is 4.72 Å². The molecule has 124 valence electrons. The highest BCUT2D eigenvalue weighted by molar-refractivity contribution is 7.94. The minimum absolute atomic E-state index is 0.00593. The van der Waals surface area contributed by atoms with Crippen LogP contribution in [0.5, 0.6) is 11.5 Å².